The van der Waals surface area contributed by atoms with Gasteiger partial charge in [-0.05, 0) is 49.7 Å². The number of ether oxygens (including phenoxy) is 1. The molecule has 0 atom stereocenters. The van der Waals surface area contributed by atoms with Crippen LogP contribution in [-0.4, -0.2) is 37.3 Å². The van der Waals surface area contributed by atoms with E-state index in [1.54, 1.807) is 36.0 Å². The smallest absolute Gasteiger partial charge is 0.337 e. The quantitative estimate of drug-likeness (QED) is 0.443. The summed E-state index contributed by atoms with van der Waals surface area (Å²) in [7, 11) is -1.92. The van der Waals surface area contributed by atoms with Crippen LogP contribution < -0.4 is 0 Å². The highest BCUT2D eigenvalue weighted by Gasteiger charge is 2.17. The van der Waals surface area contributed by atoms with E-state index in [1.807, 2.05) is 18.2 Å². The number of benzene rings is 2. The minimum Gasteiger partial charge on any atom is -0.465 e. The number of thioether (sulfide) groups is 1. The Hall–Kier alpha value is -2.32. The fourth-order valence-electron chi connectivity index (χ4n) is 2.89. The molecule has 3 rings (SSSR count). The summed E-state index contributed by atoms with van der Waals surface area (Å²) in [4.78, 5) is 16.5. The van der Waals surface area contributed by atoms with Crippen molar-refractivity contribution in [2.75, 3.05) is 13.4 Å². The van der Waals surface area contributed by atoms with Crippen molar-refractivity contribution < 1.29 is 17.9 Å². The molecule has 2 aromatic carbocycles. The summed E-state index contributed by atoms with van der Waals surface area (Å²) in [5, 5.41) is 0.827. The summed E-state index contributed by atoms with van der Waals surface area (Å²) >= 11 is 1.57. The Bertz CT molecular complexity index is 1120. The summed E-state index contributed by atoms with van der Waals surface area (Å²) in [6.45, 7) is 4.14. The molecule has 0 aliphatic carbocycles. The molecule has 8 heteroatoms. The van der Waals surface area contributed by atoms with Gasteiger partial charge in [-0.15, -0.1) is 0 Å². The number of sulfone groups is 1. The summed E-state index contributed by atoms with van der Waals surface area (Å²) in [5.74, 6) is 0.318. The van der Waals surface area contributed by atoms with E-state index in [1.165, 1.54) is 13.4 Å². The van der Waals surface area contributed by atoms with E-state index in [0.29, 0.717) is 16.8 Å². The molecule has 0 saturated heterocycles. The Morgan fingerprint density at radius 1 is 1.18 bits per heavy atom. The van der Waals surface area contributed by atoms with E-state index in [4.69, 9.17) is 4.74 Å². The fourth-order valence-corrected chi connectivity index (χ4v) is 4.63. The molecule has 0 aliphatic heterocycles. The molecule has 0 spiro atoms. The van der Waals surface area contributed by atoms with Gasteiger partial charge < -0.3 is 9.30 Å². The zero-order valence-corrected chi connectivity index (χ0v) is 17.8. The van der Waals surface area contributed by atoms with Gasteiger partial charge in [0, 0.05) is 18.1 Å². The largest absolute Gasteiger partial charge is 0.465 e. The monoisotopic (exact) mass is 418 g/mol. The van der Waals surface area contributed by atoms with Crippen LogP contribution in [0, 0.1) is 0 Å². The zero-order chi connectivity index (χ0) is 20.5. The van der Waals surface area contributed by atoms with E-state index in [2.05, 4.69) is 23.4 Å². The maximum atomic E-state index is 11.8. The number of imidazole rings is 1. The second-order valence-corrected chi connectivity index (χ2v) is 9.72. The molecular weight excluding hydrogens is 396 g/mol. The number of methoxy groups -OCH3 is 1. The van der Waals surface area contributed by atoms with Crippen LogP contribution in [0.25, 0.3) is 11.0 Å². The number of hydrogen-bond acceptors (Lipinski definition) is 6. The molecule has 0 bridgehead atoms. The Balaban J connectivity index is 1.89. The molecule has 0 fully saturated rings. The lowest BCUT2D eigenvalue weighted by molar-refractivity contribution is 0.0600. The number of carbonyl (C=O) groups excluding carboxylic acids is 1. The first-order valence-corrected chi connectivity index (χ1v) is 11.6. The predicted octanol–water partition coefficient (Wildman–Crippen LogP) is 4.10. The Labute approximate surface area is 168 Å². The number of fused-ring (bicyclic) bond motifs is 1. The summed E-state index contributed by atoms with van der Waals surface area (Å²) in [6.07, 6.45) is 1.20. The van der Waals surface area contributed by atoms with Crippen LogP contribution in [-0.2, 0) is 20.3 Å². The Morgan fingerprint density at radius 2 is 1.86 bits per heavy atom. The second kappa shape index (κ2) is 7.97. The van der Waals surface area contributed by atoms with Gasteiger partial charge in [0.2, 0.25) is 0 Å². The standard InChI is InChI=1S/C20H22N2O4S2/c1-13(2)22-18-10-9-16(28(4,24)25)11-17(18)21-20(22)27-12-14-5-7-15(8-6-14)19(23)26-3/h5-11,13H,12H2,1-4H3. The van der Waals surface area contributed by atoms with E-state index in [9.17, 15) is 13.2 Å². The first-order chi connectivity index (χ1) is 13.2. The van der Waals surface area contributed by atoms with Crippen molar-refractivity contribution in [1.82, 2.24) is 9.55 Å². The maximum Gasteiger partial charge on any atom is 0.337 e. The summed E-state index contributed by atoms with van der Waals surface area (Å²) < 4.78 is 30.5. The van der Waals surface area contributed by atoms with Crippen molar-refractivity contribution in [3.8, 4) is 0 Å². The number of nitrogens with zero attached hydrogens (tertiary/aromatic N) is 2. The highest BCUT2D eigenvalue weighted by molar-refractivity contribution is 7.98. The van der Waals surface area contributed by atoms with Crippen molar-refractivity contribution in [2.24, 2.45) is 0 Å². The average Bonchev–Trinajstić information content (AvgIpc) is 3.03. The average molecular weight is 419 g/mol. The van der Waals surface area contributed by atoms with Gasteiger partial charge >= 0.3 is 5.97 Å². The van der Waals surface area contributed by atoms with Crippen molar-refractivity contribution in [1.29, 1.82) is 0 Å². The highest BCUT2D eigenvalue weighted by Crippen LogP contribution is 2.31. The minimum atomic E-state index is -3.28. The van der Waals surface area contributed by atoms with Gasteiger partial charge in [-0.2, -0.15) is 0 Å². The van der Waals surface area contributed by atoms with Gasteiger partial charge in [0.1, 0.15) is 0 Å². The molecule has 0 aliphatic rings. The van der Waals surface area contributed by atoms with Crippen LogP contribution >= 0.6 is 11.8 Å². The second-order valence-electron chi connectivity index (χ2n) is 6.76. The molecule has 0 radical (unpaired) electrons. The molecule has 0 unspecified atom stereocenters. The number of aromatic nitrogens is 2. The molecule has 28 heavy (non-hydrogen) atoms. The summed E-state index contributed by atoms with van der Waals surface area (Å²) in [6, 6.07) is 12.5. The molecule has 3 aromatic rings. The van der Waals surface area contributed by atoms with E-state index in [-0.39, 0.29) is 16.9 Å². The zero-order valence-electron chi connectivity index (χ0n) is 16.2. The number of esters is 1. The van der Waals surface area contributed by atoms with Gasteiger partial charge in [-0.25, -0.2) is 18.2 Å². The van der Waals surface area contributed by atoms with Gasteiger partial charge in [0.05, 0.1) is 28.6 Å². The third kappa shape index (κ3) is 4.23. The minimum absolute atomic E-state index is 0.179. The van der Waals surface area contributed by atoms with Crippen molar-refractivity contribution in [3.63, 3.8) is 0 Å². The molecule has 148 valence electrons. The third-order valence-corrected chi connectivity index (χ3v) is 6.45. The van der Waals surface area contributed by atoms with Crippen LogP contribution in [0.5, 0.6) is 0 Å². The van der Waals surface area contributed by atoms with E-state index >= 15 is 0 Å². The van der Waals surface area contributed by atoms with Gasteiger partial charge in [-0.3, -0.25) is 0 Å². The van der Waals surface area contributed by atoms with Crippen LogP contribution in [0.3, 0.4) is 0 Å². The molecule has 1 heterocycles. The molecular formula is C20H22N2O4S2. The topological polar surface area (TPSA) is 78.3 Å². The fraction of sp³-hybridized carbons (Fsp3) is 0.300. The maximum absolute atomic E-state index is 11.8. The Kier molecular flexibility index (Phi) is 5.81. The lowest BCUT2D eigenvalue weighted by Gasteiger charge is -2.12. The molecule has 0 N–H and O–H groups in total. The number of hydrogen-bond donors (Lipinski definition) is 0. The number of rotatable bonds is 6. The van der Waals surface area contributed by atoms with Crippen LogP contribution in [0.15, 0.2) is 52.5 Å². The van der Waals surface area contributed by atoms with E-state index in [0.717, 1.165) is 16.2 Å². The predicted molar refractivity (Wildman–Crippen MR) is 111 cm³/mol. The SMILES string of the molecule is COC(=O)c1ccc(CSc2nc3cc(S(C)(=O)=O)ccc3n2C(C)C)cc1. The lowest BCUT2D eigenvalue weighted by Crippen LogP contribution is -2.03. The van der Waals surface area contributed by atoms with Crippen molar-refractivity contribution in [2.45, 2.75) is 35.7 Å². The first-order valence-electron chi connectivity index (χ1n) is 8.73. The van der Waals surface area contributed by atoms with Crippen LogP contribution in [0.1, 0.15) is 35.8 Å². The van der Waals surface area contributed by atoms with Crippen LogP contribution in [0.4, 0.5) is 0 Å². The van der Waals surface area contributed by atoms with E-state index < -0.39 is 9.84 Å². The summed E-state index contributed by atoms with van der Waals surface area (Å²) in [5.41, 5.74) is 3.14. The van der Waals surface area contributed by atoms with Gasteiger partial charge in [0.15, 0.2) is 15.0 Å². The highest BCUT2D eigenvalue weighted by atomic mass is 32.2. The van der Waals surface area contributed by atoms with Gasteiger partial charge in [0.25, 0.3) is 0 Å². The van der Waals surface area contributed by atoms with Gasteiger partial charge in [-0.1, -0.05) is 23.9 Å². The normalized spacial score (nSPS) is 11.9. The number of carbonyl (C=O) groups is 1. The molecule has 6 nitrogen and oxygen atoms in total. The molecule has 0 saturated carbocycles. The molecule has 0 amide bonds. The lowest BCUT2D eigenvalue weighted by atomic mass is 10.1. The first kappa shape index (κ1) is 20.4. The van der Waals surface area contributed by atoms with Crippen molar-refractivity contribution in [3.05, 3.63) is 53.6 Å². The van der Waals surface area contributed by atoms with Crippen LogP contribution in [0.2, 0.25) is 0 Å². The Morgan fingerprint density at radius 3 is 2.43 bits per heavy atom. The third-order valence-electron chi connectivity index (χ3n) is 4.32. The molecule has 1 aromatic heterocycles. The van der Waals surface area contributed by atoms with Crippen molar-refractivity contribution >= 4 is 38.6 Å².